The van der Waals surface area contributed by atoms with Gasteiger partial charge in [0.25, 0.3) is 5.91 Å². The van der Waals surface area contributed by atoms with Crippen LogP contribution in [0.15, 0.2) is 48.5 Å². The minimum Gasteiger partial charge on any atom is -0.497 e. The average Bonchev–Trinajstić information content (AvgIpc) is 3.08. The van der Waals surface area contributed by atoms with Crippen LogP contribution in [0, 0.1) is 5.82 Å². The van der Waals surface area contributed by atoms with Gasteiger partial charge in [-0.05, 0) is 36.4 Å². The van der Waals surface area contributed by atoms with E-state index in [-0.39, 0.29) is 18.0 Å². The van der Waals surface area contributed by atoms with E-state index in [1.807, 2.05) is 0 Å². The molecule has 7 nitrogen and oxygen atoms in total. The second kappa shape index (κ2) is 7.75. The third kappa shape index (κ3) is 3.55. The molecule has 8 heteroatoms. The summed E-state index contributed by atoms with van der Waals surface area (Å²) in [7, 11) is 3.08. The van der Waals surface area contributed by atoms with Crippen molar-refractivity contribution in [1.29, 1.82) is 0 Å². The second-order valence-corrected chi connectivity index (χ2v) is 5.36. The Morgan fingerprint density at radius 3 is 2.54 bits per heavy atom. The monoisotopic (exact) mass is 356 g/mol. The first-order valence-corrected chi connectivity index (χ1v) is 7.78. The minimum absolute atomic E-state index is 0.0610. The fraction of sp³-hybridized carbons (Fsp3) is 0.167. The SMILES string of the molecule is COCc1c(C(=O)Nc2ccccc2F)nnn1-c1ccc(OC)cc1. The normalized spacial score (nSPS) is 10.6. The zero-order valence-corrected chi connectivity index (χ0v) is 14.3. The van der Waals surface area contributed by atoms with Crippen molar-refractivity contribution in [3.63, 3.8) is 0 Å². The van der Waals surface area contributed by atoms with E-state index in [9.17, 15) is 9.18 Å². The molecule has 3 aromatic rings. The van der Waals surface area contributed by atoms with Crippen LogP contribution in [-0.4, -0.2) is 35.1 Å². The lowest BCUT2D eigenvalue weighted by Gasteiger charge is -2.09. The van der Waals surface area contributed by atoms with E-state index >= 15 is 0 Å². The maximum atomic E-state index is 13.8. The molecule has 0 radical (unpaired) electrons. The molecule has 1 amide bonds. The topological polar surface area (TPSA) is 78.3 Å². The van der Waals surface area contributed by atoms with E-state index < -0.39 is 11.7 Å². The molecule has 0 atom stereocenters. The molecule has 0 bridgehead atoms. The van der Waals surface area contributed by atoms with Crippen LogP contribution >= 0.6 is 0 Å². The van der Waals surface area contributed by atoms with Gasteiger partial charge in [0.1, 0.15) is 17.3 Å². The van der Waals surface area contributed by atoms with E-state index in [0.29, 0.717) is 17.1 Å². The van der Waals surface area contributed by atoms with Crippen LogP contribution in [0.25, 0.3) is 5.69 Å². The zero-order chi connectivity index (χ0) is 18.5. The molecule has 1 N–H and O–H groups in total. The summed E-state index contributed by atoms with van der Waals surface area (Å²) in [5.41, 5.74) is 1.27. The van der Waals surface area contributed by atoms with E-state index in [2.05, 4.69) is 15.6 Å². The number of halogens is 1. The van der Waals surface area contributed by atoms with Crippen molar-refractivity contribution in [1.82, 2.24) is 15.0 Å². The van der Waals surface area contributed by atoms with Gasteiger partial charge in [-0.3, -0.25) is 4.79 Å². The van der Waals surface area contributed by atoms with Crippen LogP contribution in [0.3, 0.4) is 0 Å². The fourth-order valence-electron chi connectivity index (χ4n) is 2.42. The number of amides is 1. The highest BCUT2D eigenvalue weighted by atomic mass is 19.1. The molecule has 0 aliphatic heterocycles. The van der Waals surface area contributed by atoms with Crippen LogP contribution < -0.4 is 10.1 Å². The van der Waals surface area contributed by atoms with Gasteiger partial charge in [-0.1, -0.05) is 17.3 Å². The van der Waals surface area contributed by atoms with Crippen molar-refractivity contribution < 1.29 is 18.7 Å². The molecule has 0 saturated heterocycles. The van der Waals surface area contributed by atoms with Gasteiger partial charge in [-0.25, -0.2) is 9.07 Å². The lowest BCUT2D eigenvalue weighted by Crippen LogP contribution is -2.16. The van der Waals surface area contributed by atoms with Crippen LogP contribution in [0.5, 0.6) is 5.75 Å². The quantitative estimate of drug-likeness (QED) is 0.735. The molecule has 134 valence electrons. The highest BCUT2D eigenvalue weighted by Crippen LogP contribution is 2.19. The molecular weight excluding hydrogens is 339 g/mol. The molecule has 26 heavy (non-hydrogen) atoms. The highest BCUT2D eigenvalue weighted by Gasteiger charge is 2.21. The van der Waals surface area contributed by atoms with E-state index in [1.54, 1.807) is 43.5 Å². The summed E-state index contributed by atoms with van der Waals surface area (Å²) in [4.78, 5) is 12.5. The first-order chi connectivity index (χ1) is 12.6. The number of methoxy groups -OCH3 is 2. The van der Waals surface area contributed by atoms with Crippen molar-refractivity contribution in [2.75, 3.05) is 19.5 Å². The molecule has 0 aliphatic carbocycles. The summed E-state index contributed by atoms with van der Waals surface area (Å²) in [6.07, 6.45) is 0. The Morgan fingerprint density at radius 2 is 1.88 bits per heavy atom. The van der Waals surface area contributed by atoms with E-state index in [1.165, 1.54) is 23.9 Å². The number of nitrogens with one attached hydrogen (secondary N) is 1. The Labute approximate surface area is 149 Å². The summed E-state index contributed by atoms with van der Waals surface area (Å²) in [5, 5.41) is 10.5. The van der Waals surface area contributed by atoms with Gasteiger partial charge in [0.15, 0.2) is 5.69 Å². The third-order valence-corrected chi connectivity index (χ3v) is 3.70. The summed E-state index contributed by atoms with van der Waals surface area (Å²) in [6.45, 7) is 0.110. The van der Waals surface area contributed by atoms with Crippen molar-refractivity contribution in [2.45, 2.75) is 6.61 Å². The molecule has 0 fully saturated rings. The number of benzene rings is 2. The maximum absolute atomic E-state index is 13.8. The largest absolute Gasteiger partial charge is 0.497 e. The molecule has 0 spiro atoms. The van der Waals surface area contributed by atoms with Gasteiger partial charge >= 0.3 is 0 Å². The van der Waals surface area contributed by atoms with Crippen LogP contribution in [0.4, 0.5) is 10.1 Å². The molecule has 3 rings (SSSR count). The zero-order valence-electron chi connectivity index (χ0n) is 14.3. The Kier molecular flexibility index (Phi) is 5.23. The number of nitrogens with zero attached hydrogens (tertiary/aromatic N) is 3. The Bertz CT molecular complexity index is 909. The van der Waals surface area contributed by atoms with Crippen LogP contribution in [0.2, 0.25) is 0 Å². The first-order valence-electron chi connectivity index (χ1n) is 7.78. The van der Waals surface area contributed by atoms with Gasteiger partial charge in [0.2, 0.25) is 0 Å². The number of aromatic nitrogens is 3. The van der Waals surface area contributed by atoms with Gasteiger partial charge in [-0.2, -0.15) is 0 Å². The number of carbonyl (C=O) groups is 1. The summed E-state index contributed by atoms with van der Waals surface area (Å²) < 4.78 is 25.6. The molecule has 0 aliphatic rings. The number of carbonyl (C=O) groups excluding carboxylic acids is 1. The molecule has 1 heterocycles. The number of anilines is 1. The third-order valence-electron chi connectivity index (χ3n) is 3.70. The van der Waals surface area contributed by atoms with Crippen molar-refractivity contribution in [3.05, 3.63) is 65.7 Å². The first kappa shape index (κ1) is 17.6. The Hall–Kier alpha value is -3.26. The van der Waals surface area contributed by atoms with E-state index in [4.69, 9.17) is 9.47 Å². The maximum Gasteiger partial charge on any atom is 0.278 e. The lowest BCUT2D eigenvalue weighted by molar-refractivity contribution is 0.101. The molecule has 2 aromatic carbocycles. The predicted octanol–water partition coefficient (Wildman–Crippen LogP) is 2.81. The van der Waals surface area contributed by atoms with Crippen molar-refractivity contribution in [3.8, 4) is 11.4 Å². The molecular formula is C18H17FN4O3. The van der Waals surface area contributed by atoms with Crippen LogP contribution in [0.1, 0.15) is 16.2 Å². The summed E-state index contributed by atoms with van der Waals surface area (Å²) in [5.74, 6) is -0.404. The van der Waals surface area contributed by atoms with Gasteiger partial charge in [0.05, 0.1) is 25.1 Å². The number of ether oxygens (including phenoxy) is 2. The van der Waals surface area contributed by atoms with Gasteiger partial charge < -0.3 is 14.8 Å². The number of rotatable bonds is 6. The van der Waals surface area contributed by atoms with Crippen molar-refractivity contribution >= 4 is 11.6 Å². The number of para-hydroxylation sites is 1. The van der Waals surface area contributed by atoms with Gasteiger partial charge in [0, 0.05) is 7.11 Å². The lowest BCUT2D eigenvalue weighted by atomic mass is 10.2. The smallest absolute Gasteiger partial charge is 0.278 e. The van der Waals surface area contributed by atoms with Crippen molar-refractivity contribution in [2.24, 2.45) is 0 Å². The summed E-state index contributed by atoms with van der Waals surface area (Å²) >= 11 is 0. The van der Waals surface area contributed by atoms with Crippen LogP contribution in [-0.2, 0) is 11.3 Å². The predicted molar refractivity (Wildman–Crippen MR) is 93.0 cm³/mol. The second-order valence-electron chi connectivity index (χ2n) is 5.36. The average molecular weight is 356 g/mol. The molecule has 0 saturated carbocycles. The number of hydrogen-bond acceptors (Lipinski definition) is 5. The highest BCUT2D eigenvalue weighted by molar-refractivity contribution is 6.03. The number of hydrogen-bond donors (Lipinski definition) is 1. The van der Waals surface area contributed by atoms with Gasteiger partial charge in [-0.15, -0.1) is 5.10 Å². The fourth-order valence-corrected chi connectivity index (χ4v) is 2.42. The molecule has 1 aromatic heterocycles. The Morgan fingerprint density at radius 1 is 1.15 bits per heavy atom. The summed E-state index contributed by atoms with van der Waals surface area (Å²) in [6, 6.07) is 13.0. The van der Waals surface area contributed by atoms with E-state index in [0.717, 1.165) is 0 Å². The standard InChI is InChI=1S/C18H17FN4O3/c1-25-11-16-17(18(24)20-15-6-4-3-5-14(15)19)21-22-23(16)12-7-9-13(26-2)10-8-12/h3-10H,11H2,1-2H3,(H,20,24). The Balaban J connectivity index is 1.93. The minimum atomic E-state index is -0.568. The molecule has 0 unspecified atom stereocenters.